The van der Waals surface area contributed by atoms with E-state index >= 15 is 0 Å². The summed E-state index contributed by atoms with van der Waals surface area (Å²) >= 11 is 0. The normalized spacial score (nSPS) is 23.7. The van der Waals surface area contributed by atoms with Gasteiger partial charge in [-0.2, -0.15) is 0 Å². The molecular formula is C7H10O4. The Hall–Kier alpha value is -1.03. The summed E-state index contributed by atoms with van der Waals surface area (Å²) in [7, 11) is 0. The van der Waals surface area contributed by atoms with Gasteiger partial charge in [0.2, 0.25) is 11.6 Å². The molecule has 0 aromatic heterocycles. The fourth-order valence-corrected chi connectivity index (χ4v) is 1.12. The highest BCUT2D eigenvalue weighted by atomic mass is 16.2. The molecule has 0 aromatic carbocycles. The standard InChI is InChI=1S/C7H8O3.H2O/c1-2-4-5(8)3-6(9)7(4)10;/h4H,2-3H2,1H3;1H2. The molecule has 2 N–H and O–H groups in total. The minimum Gasteiger partial charge on any atom is -0.412 e. The average molecular weight is 158 g/mol. The third-order valence-corrected chi connectivity index (χ3v) is 1.72. The molecule has 62 valence electrons. The van der Waals surface area contributed by atoms with Gasteiger partial charge >= 0.3 is 0 Å². The molecule has 0 saturated heterocycles. The minimum absolute atomic E-state index is 0. The molecule has 0 aromatic rings. The van der Waals surface area contributed by atoms with Gasteiger partial charge in [0.15, 0.2) is 5.78 Å². The van der Waals surface area contributed by atoms with E-state index in [-0.39, 0.29) is 17.7 Å². The molecule has 1 atom stereocenters. The number of ketones is 3. The van der Waals surface area contributed by atoms with Gasteiger partial charge in [0.25, 0.3) is 0 Å². The first-order valence-corrected chi connectivity index (χ1v) is 3.26. The summed E-state index contributed by atoms with van der Waals surface area (Å²) in [5.74, 6) is -1.84. The van der Waals surface area contributed by atoms with Gasteiger partial charge < -0.3 is 5.48 Å². The molecule has 0 heterocycles. The van der Waals surface area contributed by atoms with E-state index in [1.807, 2.05) is 0 Å². The Morgan fingerprint density at radius 2 is 1.91 bits per heavy atom. The smallest absolute Gasteiger partial charge is 0.209 e. The summed E-state index contributed by atoms with van der Waals surface area (Å²) in [4.78, 5) is 32.1. The average Bonchev–Trinajstić information content (AvgIpc) is 2.09. The Morgan fingerprint density at radius 3 is 2.09 bits per heavy atom. The van der Waals surface area contributed by atoms with Crippen molar-refractivity contribution in [1.82, 2.24) is 0 Å². The third-order valence-electron chi connectivity index (χ3n) is 1.72. The third kappa shape index (κ3) is 1.51. The predicted octanol–water partition coefficient (Wildman–Crippen LogP) is -0.701. The zero-order valence-corrected chi connectivity index (χ0v) is 6.22. The maximum Gasteiger partial charge on any atom is 0.209 e. The van der Waals surface area contributed by atoms with Crippen molar-refractivity contribution in [3.63, 3.8) is 0 Å². The largest absolute Gasteiger partial charge is 0.412 e. The molecule has 1 saturated carbocycles. The second-order valence-corrected chi connectivity index (χ2v) is 2.39. The fraction of sp³-hybridized carbons (Fsp3) is 0.571. The van der Waals surface area contributed by atoms with Crippen LogP contribution in [0.1, 0.15) is 19.8 Å². The fourth-order valence-electron chi connectivity index (χ4n) is 1.12. The van der Waals surface area contributed by atoms with Crippen molar-refractivity contribution in [1.29, 1.82) is 0 Å². The van der Waals surface area contributed by atoms with Crippen LogP contribution in [-0.4, -0.2) is 22.8 Å². The number of Topliss-reactive ketones (excluding diaryl/α,β-unsaturated/α-hetero) is 3. The van der Waals surface area contributed by atoms with Crippen molar-refractivity contribution in [2.24, 2.45) is 5.92 Å². The van der Waals surface area contributed by atoms with Gasteiger partial charge in [0.1, 0.15) is 0 Å². The van der Waals surface area contributed by atoms with Crippen molar-refractivity contribution >= 4 is 17.3 Å². The van der Waals surface area contributed by atoms with E-state index in [2.05, 4.69) is 0 Å². The highest BCUT2D eigenvalue weighted by molar-refractivity contribution is 6.49. The lowest BCUT2D eigenvalue weighted by molar-refractivity contribution is -0.136. The van der Waals surface area contributed by atoms with Crippen LogP contribution < -0.4 is 0 Å². The SMILES string of the molecule is CCC1C(=O)CC(=O)C1=O.O. The van der Waals surface area contributed by atoms with Gasteiger partial charge in [-0.15, -0.1) is 0 Å². The molecule has 1 fully saturated rings. The van der Waals surface area contributed by atoms with Gasteiger partial charge in [0.05, 0.1) is 12.3 Å². The lowest BCUT2D eigenvalue weighted by Crippen LogP contribution is -2.15. The zero-order chi connectivity index (χ0) is 7.72. The highest BCUT2D eigenvalue weighted by Gasteiger charge is 2.38. The molecule has 1 unspecified atom stereocenters. The Bertz CT molecular complexity index is 206. The second kappa shape index (κ2) is 3.39. The molecule has 4 nitrogen and oxygen atoms in total. The van der Waals surface area contributed by atoms with Crippen LogP contribution >= 0.6 is 0 Å². The topological polar surface area (TPSA) is 82.7 Å². The number of hydrogen-bond donors (Lipinski definition) is 0. The van der Waals surface area contributed by atoms with E-state index in [9.17, 15) is 14.4 Å². The van der Waals surface area contributed by atoms with E-state index in [0.717, 1.165) is 0 Å². The van der Waals surface area contributed by atoms with Crippen molar-refractivity contribution in [3.05, 3.63) is 0 Å². The first kappa shape index (κ1) is 9.97. The van der Waals surface area contributed by atoms with Crippen molar-refractivity contribution in [2.45, 2.75) is 19.8 Å². The molecule has 0 bridgehead atoms. The number of carbonyl (C=O) groups excluding carboxylic acids is 3. The quantitative estimate of drug-likeness (QED) is 0.373. The molecule has 1 aliphatic rings. The van der Waals surface area contributed by atoms with Crippen LogP contribution in [0.5, 0.6) is 0 Å². The Morgan fingerprint density at radius 1 is 1.36 bits per heavy atom. The molecule has 0 amide bonds. The first-order valence-electron chi connectivity index (χ1n) is 3.26. The van der Waals surface area contributed by atoms with Crippen LogP contribution in [-0.2, 0) is 14.4 Å². The summed E-state index contributed by atoms with van der Waals surface area (Å²) in [6.45, 7) is 1.74. The van der Waals surface area contributed by atoms with Crippen LogP contribution in [0.4, 0.5) is 0 Å². The van der Waals surface area contributed by atoms with Crippen LogP contribution in [0.25, 0.3) is 0 Å². The van der Waals surface area contributed by atoms with E-state index in [4.69, 9.17) is 0 Å². The van der Waals surface area contributed by atoms with Crippen LogP contribution in [0.2, 0.25) is 0 Å². The van der Waals surface area contributed by atoms with Crippen molar-refractivity contribution < 1.29 is 19.9 Å². The summed E-state index contributed by atoms with van der Waals surface area (Å²) < 4.78 is 0. The minimum atomic E-state index is -0.618. The van der Waals surface area contributed by atoms with Crippen molar-refractivity contribution in [2.75, 3.05) is 0 Å². The van der Waals surface area contributed by atoms with E-state index in [1.54, 1.807) is 6.92 Å². The summed E-state index contributed by atoms with van der Waals surface area (Å²) in [5.41, 5.74) is 0. The Labute approximate surface area is 63.9 Å². The molecule has 1 rings (SSSR count). The summed E-state index contributed by atoms with van der Waals surface area (Å²) in [6, 6.07) is 0. The molecule has 4 heteroatoms. The van der Waals surface area contributed by atoms with Gasteiger partial charge in [-0.25, -0.2) is 0 Å². The number of rotatable bonds is 1. The molecule has 11 heavy (non-hydrogen) atoms. The number of hydrogen-bond acceptors (Lipinski definition) is 3. The highest BCUT2D eigenvalue weighted by Crippen LogP contribution is 2.17. The van der Waals surface area contributed by atoms with Crippen LogP contribution in [0, 0.1) is 5.92 Å². The van der Waals surface area contributed by atoms with E-state index in [0.29, 0.717) is 6.42 Å². The maximum atomic E-state index is 10.8. The Kier molecular flexibility index (Phi) is 3.07. The van der Waals surface area contributed by atoms with Gasteiger partial charge in [0, 0.05) is 0 Å². The van der Waals surface area contributed by atoms with Crippen LogP contribution in [0.3, 0.4) is 0 Å². The number of carbonyl (C=O) groups is 3. The van der Waals surface area contributed by atoms with Gasteiger partial charge in [-0.05, 0) is 6.42 Å². The maximum absolute atomic E-state index is 10.8. The summed E-state index contributed by atoms with van der Waals surface area (Å²) in [5, 5.41) is 0. The first-order chi connectivity index (χ1) is 4.66. The van der Waals surface area contributed by atoms with Crippen LogP contribution in [0.15, 0.2) is 0 Å². The lowest BCUT2D eigenvalue weighted by Gasteiger charge is -1.96. The molecular weight excluding hydrogens is 148 g/mol. The Balaban J connectivity index is 0.000001000. The van der Waals surface area contributed by atoms with E-state index < -0.39 is 17.5 Å². The summed E-state index contributed by atoms with van der Waals surface area (Å²) in [6.07, 6.45) is 0.292. The van der Waals surface area contributed by atoms with Gasteiger partial charge in [-0.3, -0.25) is 14.4 Å². The zero-order valence-electron chi connectivity index (χ0n) is 6.22. The molecule has 1 aliphatic carbocycles. The predicted molar refractivity (Wildman–Crippen MR) is 37.0 cm³/mol. The van der Waals surface area contributed by atoms with Gasteiger partial charge in [-0.1, -0.05) is 6.92 Å². The molecule has 0 radical (unpaired) electrons. The molecule has 0 spiro atoms. The lowest BCUT2D eigenvalue weighted by atomic mass is 10.0. The van der Waals surface area contributed by atoms with Crippen molar-refractivity contribution in [3.8, 4) is 0 Å². The molecule has 0 aliphatic heterocycles. The van der Waals surface area contributed by atoms with E-state index in [1.165, 1.54) is 0 Å². The monoisotopic (exact) mass is 158 g/mol. The second-order valence-electron chi connectivity index (χ2n) is 2.39.